The number of para-hydroxylation sites is 1. The third-order valence-corrected chi connectivity index (χ3v) is 4.95. The van der Waals surface area contributed by atoms with Gasteiger partial charge in [0.05, 0.1) is 7.11 Å². The molecule has 1 aliphatic rings. The Morgan fingerprint density at radius 3 is 2.56 bits per heavy atom. The molecular formula is C21H25FN2O3. The Labute approximate surface area is 159 Å². The third kappa shape index (κ3) is 4.98. The van der Waals surface area contributed by atoms with Gasteiger partial charge >= 0.3 is 0 Å². The van der Waals surface area contributed by atoms with Crippen molar-refractivity contribution in [1.82, 2.24) is 9.80 Å². The maximum absolute atomic E-state index is 13.8. The van der Waals surface area contributed by atoms with Crippen LogP contribution in [0.25, 0.3) is 0 Å². The summed E-state index contributed by atoms with van der Waals surface area (Å²) < 4.78 is 18.8. The average Bonchev–Trinajstić information content (AvgIpc) is 2.68. The van der Waals surface area contributed by atoms with Crippen molar-refractivity contribution in [3.63, 3.8) is 0 Å². The Morgan fingerprint density at radius 1 is 1.15 bits per heavy atom. The molecule has 0 spiro atoms. The number of methoxy groups -OCH3 is 1. The Bertz CT molecular complexity index is 789. The van der Waals surface area contributed by atoms with Crippen LogP contribution in [0, 0.1) is 5.82 Å². The van der Waals surface area contributed by atoms with E-state index in [0.717, 1.165) is 24.2 Å². The molecule has 2 aromatic rings. The highest BCUT2D eigenvalue weighted by Gasteiger charge is 2.21. The van der Waals surface area contributed by atoms with Crippen molar-refractivity contribution in [2.75, 3.05) is 33.3 Å². The van der Waals surface area contributed by atoms with Gasteiger partial charge in [0.2, 0.25) is 5.91 Å². The number of ether oxygens (including phenoxy) is 1. The van der Waals surface area contributed by atoms with Crippen molar-refractivity contribution in [2.45, 2.75) is 19.4 Å². The predicted molar refractivity (Wildman–Crippen MR) is 101 cm³/mol. The molecule has 0 saturated carbocycles. The molecule has 144 valence electrons. The van der Waals surface area contributed by atoms with Crippen LogP contribution in [0.3, 0.4) is 0 Å². The first kappa shape index (κ1) is 19.2. The highest BCUT2D eigenvalue weighted by Crippen LogP contribution is 2.20. The second-order valence-corrected chi connectivity index (χ2v) is 6.75. The van der Waals surface area contributed by atoms with Crippen LogP contribution in [-0.4, -0.2) is 54.1 Å². The maximum Gasteiger partial charge on any atom is 0.222 e. The number of hydrogen-bond donors (Lipinski definition) is 1. The van der Waals surface area contributed by atoms with E-state index in [4.69, 9.17) is 4.74 Å². The van der Waals surface area contributed by atoms with Gasteiger partial charge in [0.15, 0.2) is 11.6 Å². The van der Waals surface area contributed by atoms with Crippen LogP contribution in [0.15, 0.2) is 42.5 Å². The predicted octanol–water partition coefficient (Wildman–Crippen LogP) is 2.82. The Balaban J connectivity index is 1.46. The number of benzene rings is 2. The van der Waals surface area contributed by atoms with Gasteiger partial charge in [-0.25, -0.2) is 4.39 Å². The van der Waals surface area contributed by atoms with Gasteiger partial charge in [0, 0.05) is 39.1 Å². The van der Waals surface area contributed by atoms with Gasteiger partial charge in [0.25, 0.3) is 0 Å². The number of carbonyl (C=O) groups is 1. The molecule has 3 rings (SSSR count). The van der Waals surface area contributed by atoms with Gasteiger partial charge < -0.3 is 14.7 Å². The summed E-state index contributed by atoms with van der Waals surface area (Å²) in [6.45, 7) is 3.50. The third-order valence-electron chi connectivity index (χ3n) is 4.95. The molecule has 0 aliphatic carbocycles. The van der Waals surface area contributed by atoms with Crippen LogP contribution in [0.2, 0.25) is 0 Å². The standard InChI is InChI=1S/C21H25FN2O3/c1-27-20-8-6-16(14-18(20)22)15-23-10-12-24(13-11-23)21(26)9-7-17-4-2-3-5-19(17)25/h2-6,8,14,25H,7,9-13,15H2,1H3. The minimum atomic E-state index is -0.354. The summed E-state index contributed by atoms with van der Waals surface area (Å²) in [4.78, 5) is 16.5. The number of rotatable bonds is 6. The summed E-state index contributed by atoms with van der Waals surface area (Å²) in [6, 6.07) is 12.1. The number of piperazine rings is 1. The molecule has 5 nitrogen and oxygen atoms in total. The van der Waals surface area contributed by atoms with E-state index in [1.807, 2.05) is 23.1 Å². The van der Waals surface area contributed by atoms with E-state index in [2.05, 4.69) is 4.90 Å². The van der Waals surface area contributed by atoms with E-state index in [1.54, 1.807) is 18.2 Å². The largest absolute Gasteiger partial charge is 0.508 e. The summed E-state index contributed by atoms with van der Waals surface area (Å²) in [6.07, 6.45) is 0.929. The molecule has 1 aliphatic heterocycles. The number of carbonyl (C=O) groups excluding carboxylic acids is 1. The van der Waals surface area contributed by atoms with Crippen molar-refractivity contribution >= 4 is 5.91 Å². The molecule has 27 heavy (non-hydrogen) atoms. The van der Waals surface area contributed by atoms with E-state index >= 15 is 0 Å². The SMILES string of the molecule is COc1ccc(CN2CCN(C(=O)CCc3ccccc3O)CC2)cc1F. The molecule has 1 heterocycles. The van der Waals surface area contributed by atoms with E-state index in [0.29, 0.717) is 32.5 Å². The topological polar surface area (TPSA) is 53.0 Å². The van der Waals surface area contributed by atoms with E-state index < -0.39 is 0 Å². The quantitative estimate of drug-likeness (QED) is 0.847. The first-order chi connectivity index (χ1) is 13.1. The fraction of sp³-hybridized carbons (Fsp3) is 0.381. The molecule has 1 amide bonds. The molecule has 0 radical (unpaired) electrons. The number of amides is 1. The highest BCUT2D eigenvalue weighted by atomic mass is 19.1. The summed E-state index contributed by atoms with van der Waals surface area (Å²) in [7, 11) is 1.45. The molecular weight excluding hydrogens is 347 g/mol. The lowest BCUT2D eigenvalue weighted by atomic mass is 10.1. The monoisotopic (exact) mass is 372 g/mol. The Kier molecular flexibility index (Phi) is 6.29. The van der Waals surface area contributed by atoms with Gasteiger partial charge in [-0.05, 0) is 35.7 Å². The number of hydrogen-bond acceptors (Lipinski definition) is 4. The second-order valence-electron chi connectivity index (χ2n) is 6.75. The highest BCUT2D eigenvalue weighted by molar-refractivity contribution is 5.76. The van der Waals surface area contributed by atoms with E-state index in [9.17, 15) is 14.3 Å². The van der Waals surface area contributed by atoms with Crippen LogP contribution in [0.4, 0.5) is 4.39 Å². The Hall–Kier alpha value is -2.60. The van der Waals surface area contributed by atoms with Crippen LogP contribution >= 0.6 is 0 Å². The lowest BCUT2D eigenvalue weighted by Crippen LogP contribution is -2.48. The molecule has 0 aromatic heterocycles. The zero-order chi connectivity index (χ0) is 19.2. The summed E-state index contributed by atoms with van der Waals surface area (Å²) >= 11 is 0. The molecule has 1 fully saturated rings. The zero-order valence-corrected chi connectivity index (χ0v) is 15.5. The van der Waals surface area contributed by atoms with Gasteiger partial charge in [0.1, 0.15) is 5.75 Å². The van der Waals surface area contributed by atoms with Crippen LogP contribution < -0.4 is 4.74 Å². The van der Waals surface area contributed by atoms with E-state index in [-0.39, 0.29) is 23.2 Å². The van der Waals surface area contributed by atoms with Crippen molar-refractivity contribution in [3.05, 3.63) is 59.4 Å². The molecule has 1 saturated heterocycles. The summed E-state index contributed by atoms with van der Waals surface area (Å²) in [5, 5.41) is 9.79. The second kappa shape index (κ2) is 8.86. The van der Waals surface area contributed by atoms with Crippen molar-refractivity contribution in [2.24, 2.45) is 0 Å². The lowest BCUT2D eigenvalue weighted by molar-refractivity contribution is -0.133. The van der Waals surface area contributed by atoms with Crippen molar-refractivity contribution in [1.29, 1.82) is 0 Å². The van der Waals surface area contributed by atoms with Gasteiger partial charge in [-0.2, -0.15) is 0 Å². The summed E-state index contributed by atoms with van der Waals surface area (Å²) in [5.41, 5.74) is 1.69. The molecule has 0 unspecified atom stereocenters. The lowest BCUT2D eigenvalue weighted by Gasteiger charge is -2.35. The fourth-order valence-corrected chi connectivity index (χ4v) is 3.34. The number of aryl methyl sites for hydroxylation is 1. The minimum Gasteiger partial charge on any atom is -0.508 e. The van der Waals surface area contributed by atoms with Crippen molar-refractivity contribution < 1.29 is 19.0 Å². The van der Waals surface area contributed by atoms with Crippen LogP contribution in [0.1, 0.15) is 17.5 Å². The van der Waals surface area contributed by atoms with Gasteiger partial charge in [-0.15, -0.1) is 0 Å². The van der Waals surface area contributed by atoms with Crippen LogP contribution in [-0.2, 0) is 17.8 Å². The first-order valence-electron chi connectivity index (χ1n) is 9.16. The van der Waals surface area contributed by atoms with Crippen LogP contribution in [0.5, 0.6) is 11.5 Å². The van der Waals surface area contributed by atoms with Gasteiger partial charge in [-0.1, -0.05) is 24.3 Å². The van der Waals surface area contributed by atoms with Crippen molar-refractivity contribution in [3.8, 4) is 11.5 Å². The van der Waals surface area contributed by atoms with E-state index in [1.165, 1.54) is 13.2 Å². The fourth-order valence-electron chi connectivity index (χ4n) is 3.34. The van der Waals surface area contributed by atoms with Gasteiger partial charge in [-0.3, -0.25) is 9.69 Å². The minimum absolute atomic E-state index is 0.105. The Morgan fingerprint density at radius 2 is 1.89 bits per heavy atom. The number of phenols is 1. The molecule has 0 bridgehead atoms. The first-order valence-corrected chi connectivity index (χ1v) is 9.16. The number of nitrogens with zero attached hydrogens (tertiary/aromatic N) is 2. The zero-order valence-electron chi connectivity index (χ0n) is 15.5. The number of phenolic OH excluding ortho intramolecular Hbond substituents is 1. The average molecular weight is 372 g/mol. The molecule has 2 aromatic carbocycles. The molecule has 6 heteroatoms. The number of aromatic hydroxyl groups is 1. The summed E-state index contributed by atoms with van der Waals surface area (Å²) in [5.74, 6) is 0.238. The normalized spacial score (nSPS) is 15.0. The molecule has 1 N–H and O–H groups in total. The number of halogens is 1. The molecule has 0 atom stereocenters. The smallest absolute Gasteiger partial charge is 0.222 e. The maximum atomic E-state index is 13.8.